The summed E-state index contributed by atoms with van der Waals surface area (Å²) in [5, 5.41) is 8.42. The summed E-state index contributed by atoms with van der Waals surface area (Å²) in [6, 6.07) is 3.64. The molecule has 0 unspecified atom stereocenters. The molecule has 3 aromatic rings. The van der Waals surface area contributed by atoms with Crippen molar-refractivity contribution in [3.05, 3.63) is 23.1 Å². The molecule has 25 heavy (non-hydrogen) atoms. The number of hydrogen-bond donors (Lipinski definition) is 0. The molecule has 9 heteroatoms. The molecule has 0 spiro atoms. The van der Waals surface area contributed by atoms with Crippen molar-refractivity contribution in [2.24, 2.45) is 0 Å². The van der Waals surface area contributed by atoms with Crippen molar-refractivity contribution in [3.8, 4) is 11.5 Å². The van der Waals surface area contributed by atoms with Crippen molar-refractivity contribution in [1.82, 2.24) is 19.6 Å². The first kappa shape index (κ1) is 17.7. The lowest BCUT2D eigenvalue weighted by atomic mass is 10.2. The predicted octanol–water partition coefficient (Wildman–Crippen LogP) is 2.29. The van der Waals surface area contributed by atoms with Crippen LogP contribution in [-0.4, -0.2) is 60.2 Å². The Hall–Kier alpha value is -2.16. The SMILES string of the molecule is COCCOc1cc2nc(Cl)c3nnc(C)n3c2cc1OCCOC. The number of hydrogen-bond acceptors (Lipinski definition) is 7. The molecule has 0 saturated heterocycles. The predicted molar refractivity (Wildman–Crippen MR) is 92.8 cm³/mol. The second-order valence-electron chi connectivity index (χ2n) is 5.28. The molecule has 2 heterocycles. The van der Waals surface area contributed by atoms with Gasteiger partial charge in [-0.3, -0.25) is 4.40 Å². The van der Waals surface area contributed by atoms with Gasteiger partial charge in [0, 0.05) is 26.4 Å². The Kier molecular flexibility index (Phi) is 5.52. The summed E-state index contributed by atoms with van der Waals surface area (Å²) < 4.78 is 23.5. The standard InChI is InChI=1S/C16H19ClN4O4/c1-10-19-20-16-15(17)18-11-8-13(24-6-4-22-2)14(25-7-5-23-3)9-12(11)21(10)16/h8-9H,4-7H2,1-3H3. The molecule has 3 rings (SSSR count). The van der Waals surface area contributed by atoms with Crippen LogP contribution in [0.2, 0.25) is 5.15 Å². The van der Waals surface area contributed by atoms with Gasteiger partial charge in [-0.05, 0) is 6.92 Å². The van der Waals surface area contributed by atoms with E-state index >= 15 is 0 Å². The average molecular weight is 367 g/mol. The lowest BCUT2D eigenvalue weighted by molar-refractivity contribution is 0.132. The summed E-state index contributed by atoms with van der Waals surface area (Å²) in [7, 11) is 3.24. The zero-order valence-corrected chi connectivity index (χ0v) is 15.0. The van der Waals surface area contributed by atoms with E-state index in [0.29, 0.717) is 54.9 Å². The maximum atomic E-state index is 6.23. The van der Waals surface area contributed by atoms with Crippen molar-refractivity contribution in [3.63, 3.8) is 0 Å². The second-order valence-corrected chi connectivity index (χ2v) is 5.64. The van der Waals surface area contributed by atoms with Crippen molar-refractivity contribution in [2.45, 2.75) is 6.92 Å². The Morgan fingerprint density at radius 1 is 0.960 bits per heavy atom. The van der Waals surface area contributed by atoms with Gasteiger partial charge in [-0.2, -0.15) is 0 Å². The van der Waals surface area contributed by atoms with E-state index in [1.54, 1.807) is 20.3 Å². The van der Waals surface area contributed by atoms with Crippen LogP contribution in [0, 0.1) is 6.92 Å². The Morgan fingerprint density at radius 3 is 2.24 bits per heavy atom. The van der Waals surface area contributed by atoms with Crippen LogP contribution in [0.5, 0.6) is 11.5 Å². The van der Waals surface area contributed by atoms with E-state index in [0.717, 1.165) is 5.52 Å². The molecule has 8 nitrogen and oxygen atoms in total. The molecule has 0 saturated carbocycles. The van der Waals surface area contributed by atoms with Crippen LogP contribution >= 0.6 is 11.6 Å². The molecule has 2 aromatic heterocycles. The maximum Gasteiger partial charge on any atom is 0.199 e. The topological polar surface area (TPSA) is 80.0 Å². The molecule has 0 fully saturated rings. The average Bonchev–Trinajstić information content (AvgIpc) is 2.99. The van der Waals surface area contributed by atoms with Crippen LogP contribution in [0.15, 0.2) is 12.1 Å². The van der Waals surface area contributed by atoms with E-state index in [-0.39, 0.29) is 5.15 Å². The summed E-state index contributed by atoms with van der Waals surface area (Å²) in [6.07, 6.45) is 0. The Bertz CT molecular complexity index is 884. The highest BCUT2D eigenvalue weighted by Gasteiger charge is 2.16. The number of aryl methyl sites for hydroxylation is 1. The molecule has 0 bridgehead atoms. The minimum Gasteiger partial charge on any atom is -0.487 e. The Labute approximate surface area is 149 Å². The number of methoxy groups -OCH3 is 2. The van der Waals surface area contributed by atoms with Gasteiger partial charge in [0.1, 0.15) is 19.0 Å². The second kappa shape index (κ2) is 7.81. The fraction of sp³-hybridized carbons (Fsp3) is 0.438. The molecule has 0 aliphatic carbocycles. The molecule has 0 aliphatic rings. The third-order valence-corrected chi connectivity index (χ3v) is 3.85. The first-order valence-corrected chi connectivity index (χ1v) is 8.12. The fourth-order valence-electron chi connectivity index (χ4n) is 2.44. The molecule has 0 atom stereocenters. The molecule has 0 aliphatic heterocycles. The number of fused-ring (bicyclic) bond motifs is 3. The lowest BCUT2D eigenvalue weighted by Crippen LogP contribution is -2.09. The maximum absolute atomic E-state index is 6.23. The Morgan fingerprint density at radius 2 is 1.60 bits per heavy atom. The summed E-state index contributed by atoms with van der Waals surface area (Å²) in [5.74, 6) is 1.86. The van der Waals surface area contributed by atoms with E-state index in [2.05, 4.69) is 15.2 Å². The normalized spacial score (nSPS) is 11.4. The Balaban J connectivity index is 2.10. The smallest absolute Gasteiger partial charge is 0.199 e. The van der Waals surface area contributed by atoms with Gasteiger partial charge in [-0.25, -0.2) is 4.98 Å². The van der Waals surface area contributed by atoms with E-state index in [1.807, 2.05) is 17.4 Å². The molecule has 1 aromatic carbocycles. The van der Waals surface area contributed by atoms with Crippen molar-refractivity contribution in [1.29, 1.82) is 0 Å². The minimum atomic E-state index is 0.281. The van der Waals surface area contributed by atoms with Crippen LogP contribution in [0.25, 0.3) is 16.7 Å². The minimum absolute atomic E-state index is 0.281. The van der Waals surface area contributed by atoms with Crippen LogP contribution in [0.4, 0.5) is 0 Å². The highest BCUT2D eigenvalue weighted by Crippen LogP contribution is 2.33. The summed E-state index contributed by atoms with van der Waals surface area (Å²) in [6.45, 7) is 3.57. The number of ether oxygens (including phenoxy) is 4. The number of rotatable bonds is 8. The van der Waals surface area contributed by atoms with Gasteiger partial charge >= 0.3 is 0 Å². The third kappa shape index (κ3) is 3.60. The summed E-state index contributed by atoms with van der Waals surface area (Å²) >= 11 is 6.23. The van der Waals surface area contributed by atoms with Gasteiger partial charge in [0.25, 0.3) is 0 Å². The van der Waals surface area contributed by atoms with Crippen LogP contribution < -0.4 is 9.47 Å². The first-order valence-electron chi connectivity index (χ1n) is 7.74. The zero-order valence-electron chi connectivity index (χ0n) is 14.3. The molecule has 0 radical (unpaired) electrons. The van der Waals surface area contributed by atoms with E-state index in [4.69, 9.17) is 30.5 Å². The quantitative estimate of drug-likeness (QED) is 0.566. The fourth-order valence-corrected chi connectivity index (χ4v) is 2.66. The monoisotopic (exact) mass is 366 g/mol. The van der Waals surface area contributed by atoms with Crippen molar-refractivity contribution >= 4 is 28.3 Å². The third-order valence-electron chi connectivity index (χ3n) is 3.60. The van der Waals surface area contributed by atoms with Crippen molar-refractivity contribution in [2.75, 3.05) is 40.6 Å². The first-order chi connectivity index (χ1) is 12.2. The number of benzene rings is 1. The van der Waals surface area contributed by atoms with E-state index < -0.39 is 0 Å². The van der Waals surface area contributed by atoms with Crippen LogP contribution in [-0.2, 0) is 9.47 Å². The number of halogens is 1. The molecule has 0 N–H and O–H groups in total. The molecular weight excluding hydrogens is 348 g/mol. The molecular formula is C16H19ClN4O4. The van der Waals surface area contributed by atoms with Crippen LogP contribution in [0.3, 0.4) is 0 Å². The number of aromatic nitrogens is 4. The zero-order chi connectivity index (χ0) is 17.8. The van der Waals surface area contributed by atoms with Gasteiger partial charge in [0.15, 0.2) is 22.3 Å². The van der Waals surface area contributed by atoms with Gasteiger partial charge < -0.3 is 18.9 Å². The largest absolute Gasteiger partial charge is 0.487 e. The van der Waals surface area contributed by atoms with Gasteiger partial charge in [-0.15, -0.1) is 10.2 Å². The highest BCUT2D eigenvalue weighted by atomic mass is 35.5. The number of nitrogens with zero attached hydrogens (tertiary/aromatic N) is 4. The lowest BCUT2D eigenvalue weighted by Gasteiger charge is -2.14. The van der Waals surface area contributed by atoms with E-state index in [1.165, 1.54) is 0 Å². The van der Waals surface area contributed by atoms with Gasteiger partial charge in [0.2, 0.25) is 0 Å². The summed E-state index contributed by atoms with van der Waals surface area (Å²) in [4.78, 5) is 4.39. The van der Waals surface area contributed by atoms with Gasteiger partial charge in [0.05, 0.1) is 24.2 Å². The summed E-state index contributed by atoms with van der Waals surface area (Å²) in [5.41, 5.74) is 1.95. The van der Waals surface area contributed by atoms with Crippen LogP contribution in [0.1, 0.15) is 5.82 Å². The molecule has 134 valence electrons. The van der Waals surface area contributed by atoms with Crippen molar-refractivity contribution < 1.29 is 18.9 Å². The molecule has 0 amide bonds. The van der Waals surface area contributed by atoms with Gasteiger partial charge in [-0.1, -0.05) is 11.6 Å². The highest BCUT2D eigenvalue weighted by molar-refractivity contribution is 6.32. The van der Waals surface area contributed by atoms with E-state index in [9.17, 15) is 0 Å².